The molecule has 1 amide bonds. The van der Waals surface area contributed by atoms with Crippen molar-refractivity contribution in [3.8, 4) is 0 Å². The summed E-state index contributed by atoms with van der Waals surface area (Å²) in [6.07, 6.45) is 6.82. The van der Waals surface area contributed by atoms with Crippen LogP contribution in [0.25, 0.3) is 0 Å². The molecule has 1 spiro atoms. The van der Waals surface area contributed by atoms with Gasteiger partial charge in [-0.05, 0) is 85.6 Å². The van der Waals surface area contributed by atoms with Gasteiger partial charge in [0.05, 0.1) is 21.0 Å². The number of halogens is 1. The molecule has 5 nitrogen and oxygen atoms in total. The second kappa shape index (κ2) is 9.34. The van der Waals surface area contributed by atoms with Gasteiger partial charge in [-0.25, -0.2) is 4.21 Å². The molecule has 190 valence electrons. The fourth-order valence-corrected chi connectivity index (χ4v) is 10.5. The summed E-state index contributed by atoms with van der Waals surface area (Å²) >= 11 is 3.59. The van der Waals surface area contributed by atoms with E-state index in [2.05, 4.69) is 60.0 Å². The van der Waals surface area contributed by atoms with E-state index in [-0.39, 0.29) is 10.9 Å². The van der Waals surface area contributed by atoms with E-state index < -0.39 is 18.0 Å². The smallest absolute Gasteiger partial charge is 0.257 e. The molecule has 8 heteroatoms. The van der Waals surface area contributed by atoms with Gasteiger partial charge in [0.25, 0.3) is 5.91 Å². The van der Waals surface area contributed by atoms with E-state index in [4.69, 9.17) is 4.03 Å². The Morgan fingerprint density at radius 1 is 1.09 bits per heavy atom. The number of rotatable bonds is 5. The lowest BCUT2D eigenvalue weighted by Crippen LogP contribution is -2.36. The minimum Gasteiger partial charge on any atom is -0.371 e. The SMILES string of the molecule is CC(C)(C)[Si](C)(C)N=S(C)(=O)c1cccc(NC(=O)c2ccc(Br)cc2N2CCC3(CC2)CC3)c1. The van der Waals surface area contributed by atoms with E-state index in [1.807, 2.05) is 42.5 Å². The molecule has 0 bridgehead atoms. The van der Waals surface area contributed by atoms with Crippen LogP contribution in [0.5, 0.6) is 0 Å². The number of piperidine rings is 1. The Hall–Kier alpha value is -1.64. The number of anilines is 2. The molecular weight excluding hydrogens is 538 g/mol. The number of benzene rings is 2. The topological polar surface area (TPSA) is 61.8 Å². The molecule has 1 saturated carbocycles. The highest BCUT2D eigenvalue weighted by molar-refractivity contribution is 9.10. The molecule has 2 aliphatic rings. The fraction of sp³-hybridized carbons (Fsp3) is 0.519. The zero-order valence-corrected chi connectivity index (χ0v) is 25.2. The summed E-state index contributed by atoms with van der Waals surface area (Å²) in [5.41, 5.74) is 2.84. The summed E-state index contributed by atoms with van der Waals surface area (Å²) < 4.78 is 19.5. The van der Waals surface area contributed by atoms with Crippen LogP contribution in [0.1, 0.15) is 56.8 Å². The molecule has 1 N–H and O–H groups in total. The van der Waals surface area contributed by atoms with E-state index in [0.717, 1.165) is 23.2 Å². The predicted molar refractivity (Wildman–Crippen MR) is 154 cm³/mol. The van der Waals surface area contributed by atoms with Gasteiger partial charge < -0.3 is 10.2 Å². The van der Waals surface area contributed by atoms with Gasteiger partial charge in [-0.1, -0.05) is 42.8 Å². The molecule has 1 unspecified atom stereocenters. The van der Waals surface area contributed by atoms with Gasteiger partial charge in [0.1, 0.15) is 0 Å². The lowest BCUT2D eigenvalue weighted by molar-refractivity contribution is 0.102. The first-order valence-electron chi connectivity index (χ1n) is 12.4. The van der Waals surface area contributed by atoms with Crippen molar-refractivity contribution in [3.63, 3.8) is 0 Å². The fourth-order valence-electron chi connectivity index (χ4n) is 4.49. The van der Waals surface area contributed by atoms with Gasteiger partial charge in [0, 0.05) is 34.4 Å². The van der Waals surface area contributed by atoms with Crippen molar-refractivity contribution in [3.05, 3.63) is 52.5 Å². The van der Waals surface area contributed by atoms with Crippen molar-refractivity contribution in [1.29, 1.82) is 0 Å². The lowest BCUT2D eigenvalue weighted by Gasteiger charge is -2.35. The average Bonchev–Trinajstić information content (AvgIpc) is 3.51. The summed E-state index contributed by atoms with van der Waals surface area (Å²) in [5, 5.41) is 3.06. The highest BCUT2D eigenvalue weighted by Gasteiger charge is 2.44. The Balaban J connectivity index is 1.58. The van der Waals surface area contributed by atoms with E-state index in [1.165, 1.54) is 25.7 Å². The number of hydrogen-bond donors (Lipinski definition) is 1. The molecule has 1 saturated heterocycles. The van der Waals surface area contributed by atoms with Crippen LogP contribution >= 0.6 is 15.9 Å². The summed E-state index contributed by atoms with van der Waals surface area (Å²) in [4.78, 5) is 16.4. The maximum Gasteiger partial charge on any atom is 0.257 e. The Morgan fingerprint density at radius 3 is 2.34 bits per heavy atom. The van der Waals surface area contributed by atoms with Gasteiger partial charge in [0.15, 0.2) is 8.24 Å². The molecule has 1 aliphatic carbocycles. The van der Waals surface area contributed by atoms with Crippen molar-refractivity contribution < 1.29 is 9.00 Å². The van der Waals surface area contributed by atoms with Gasteiger partial charge in [-0.2, -0.15) is 0 Å². The van der Waals surface area contributed by atoms with Crippen LogP contribution in [0.3, 0.4) is 0 Å². The number of amides is 1. The molecule has 4 rings (SSSR count). The Bertz CT molecular complexity index is 1250. The van der Waals surface area contributed by atoms with E-state index in [0.29, 0.717) is 21.6 Å². The second-order valence-electron chi connectivity index (χ2n) is 11.8. The number of nitrogens with one attached hydrogen (secondary N) is 1. The van der Waals surface area contributed by atoms with Crippen molar-refractivity contribution >= 4 is 51.2 Å². The Kier molecular flexibility index (Phi) is 7.05. The van der Waals surface area contributed by atoms with E-state index >= 15 is 0 Å². The third-order valence-corrected chi connectivity index (χ3v) is 16.6. The third-order valence-electron chi connectivity index (χ3n) is 8.09. The Morgan fingerprint density at radius 2 is 1.74 bits per heavy atom. The van der Waals surface area contributed by atoms with Crippen LogP contribution in [0.15, 0.2) is 55.9 Å². The zero-order valence-electron chi connectivity index (χ0n) is 21.8. The molecule has 2 aromatic rings. The number of carbonyl (C=O) groups is 1. The van der Waals surface area contributed by atoms with Gasteiger partial charge >= 0.3 is 0 Å². The minimum absolute atomic E-state index is 0.00306. The molecule has 1 atom stereocenters. The standard InChI is InChI=1S/C27H38BrN3O2SSi/c1-26(2,3)35(5,6)30-34(4,33)22-9-7-8-21(19-22)29-25(32)23-11-10-20(28)18-24(23)31-16-14-27(12-13-27)15-17-31/h7-11,18-19H,12-17H2,1-6H3,(H,29,32). The van der Waals surface area contributed by atoms with Crippen LogP contribution < -0.4 is 10.2 Å². The normalized spacial score (nSPS) is 19.2. The number of nitrogens with zero attached hydrogens (tertiary/aromatic N) is 2. The van der Waals surface area contributed by atoms with Crippen molar-refractivity contribution in [2.75, 3.05) is 29.6 Å². The average molecular weight is 577 g/mol. The predicted octanol–water partition coefficient (Wildman–Crippen LogP) is 7.54. The first-order valence-corrected chi connectivity index (χ1v) is 18.1. The lowest BCUT2D eigenvalue weighted by atomic mass is 9.93. The first-order chi connectivity index (χ1) is 16.2. The largest absolute Gasteiger partial charge is 0.371 e. The van der Waals surface area contributed by atoms with E-state index in [9.17, 15) is 9.00 Å². The molecular formula is C27H38BrN3O2SSi. The molecule has 0 radical (unpaired) electrons. The highest BCUT2D eigenvalue weighted by Crippen LogP contribution is 2.54. The molecule has 2 aromatic carbocycles. The van der Waals surface area contributed by atoms with Crippen LogP contribution in [0, 0.1) is 5.41 Å². The molecule has 0 aromatic heterocycles. The molecule has 1 aliphatic heterocycles. The Labute approximate surface area is 220 Å². The quantitative estimate of drug-likeness (QED) is 0.374. The number of hydrogen-bond acceptors (Lipinski definition) is 4. The first kappa shape index (κ1) is 26.4. The summed E-state index contributed by atoms with van der Waals surface area (Å²) in [6.45, 7) is 12.8. The molecule has 1 heterocycles. The van der Waals surface area contributed by atoms with Gasteiger partial charge in [-0.3, -0.25) is 8.82 Å². The van der Waals surface area contributed by atoms with Gasteiger partial charge in [-0.15, -0.1) is 0 Å². The monoisotopic (exact) mass is 575 g/mol. The van der Waals surface area contributed by atoms with Gasteiger partial charge in [0.2, 0.25) is 0 Å². The maximum absolute atomic E-state index is 13.7. The van der Waals surface area contributed by atoms with Crippen molar-refractivity contribution in [2.24, 2.45) is 9.44 Å². The van der Waals surface area contributed by atoms with Crippen molar-refractivity contribution in [2.45, 2.75) is 69.5 Å². The van der Waals surface area contributed by atoms with Crippen molar-refractivity contribution in [1.82, 2.24) is 0 Å². The summed E-state index contributed by atoms with van der Waals surface area (Å²) in [7, 11) is -4.70. The van der Waals surface area contributed by atoms with E-state index in [1.54, 1.807) is 6.26 Å². The zero-order chi connectivity index (χ0) is 25.6. The van der Waals surface area contributed by atoms with Crippen LogP contribution in [0.2, 0.25) is 18.1 Å². The van der Waals surface area contributed by atoms with Crippen LogP contribution in [-0.4, -0.2) is 37.7 Å². The number of carbonyl (C=O) groups excluding carboxylic acids is 1. The second-order valence-corrected chi connectivity index (χ2v) is 20.2. The summed E-state index contributed by atoms with van der Waals surface area (Å²) in [5.74, 6) is -0.153. The molecule has 2 fully saturated rings. The minimum atomic E-state index is -2.59. The third kappa shape index (κ3) is 5.86. The van der Waals surface area contributed by atoms with Crippen LogP contribution in [0.4, 0.5) is 11.4 Å². The van der Waals surface area contributed by atoms with Crippen LogP contribution in [-0.2, 0) is 9.73 Å². The summed E-state index contributed by atoms with van der Waals surface area (Å²) in [6, 6.07) is 13.2. The molecule has 35 heavy (non-hydrogen) atoms. The maximum atomic E-state index is 13.7. The highest BCUT2D eigenvalue weighted by atomic mass is 79.9.